The van der Waals surface area contributed by atoms with Crippen LogP contribution in [0.3, 0.4) is 0 Å². The van der Waals surface area contributed by atoms with Crippen molar-refractivity contribution in [2.24, 2.45) is 11.8 Å². The van der Waals surface area contributed by atoms with Gasteiger partial charge in [-0.15, -0.1) is 0 Å². The van der Waals surface area contributed by atoms with E-state index >= 15 is 0 Å². The summed E-state index contributed by atoms with van der Waals surface area (Å²) in [5, 5.41) is 3.01. The SMILES string of the molecule is CCOC(=O)[C@@H]1[C@@H]([C@H]2[C@@H](c3ccccc3)C(=O)N2c2ccc(OC)cc2)CN(C)[C@]12C(=O)Nc1ccccc12. The van der Waals surface area contributed by atoms with Gasteiger partial charge in [-0.05, 0) is 49.9 Å². The third kappa shape index (κ3) is 3.58. The molecule has 3 heterocycles. The number of carbonyl (C=O) groups excluding carboxylic acids is 3. The highest BCUT2D eigenvalue weighted by Gasteiger charge is 2.69. The van der Waals surface area contributed by atoms with Gasteiger partial charge in [0, 0.05) is 29.4 Å². The number of likely N-dealkylation sites (tertiary alicyclic amines) is 1. The second kappa shape index (κ2) is 9.54. The number of ether oxygens (including phenoxy) is 2. The molecule has 8 nitrogen and oxygen atoms in total. The van der Waals surface area contributed by atoms with E-state index in [4.69, 9.17) is 9.47 Å². The number of fused-ring (bicyclic) bond motifs is 2. The van der Waals surface area contributed by atoms with Gasteiger partial charge in [0.2, 0.25) is 5.91 Å². The second-order valence-corrected chi connectivity index (χ2v) is 10.3. The van der Waals surface area contributed by atoms with Crippen molar-refractivity contribution in [2.75, 3.05) is 37.5 Å². The normalized spacial score (nSPS) is 27.7. The number of nitrogens with zero attached hydrogens (tertiary/aromatic N) is 2. The lowest BCUT2D eigenvalue weighted by atomic mass is 9.66. The molecule has 5 atom stereocenters. The Labute approximate surface area is 227 Å². The predicted octanol–water partition coefficient (Wildman–Crippen LogP) is 3.78. The minimum Gasteiger partial charge on any atom is -0.497 e. The van der Waals surface area contributed by atoms with Crippen LogP contribution >= 0.6 is 0 Å². The molecule has 39 heavy (non-hydrogen) atoms. The van der Waals surface area contributed by atoms with Crippen LogP contribution in [0.25, 0.3) is 0 Å². The zero-order valence-electron chi connectivity index (χ0n) is 22.2. The lowest BCUT2D eigenvalue weighted by Gasteiger charge is -2.51. The minimum atomic E-state index is -1.24. The summed E-state index contributed by atoms with van der Waals surface area (Å²) in [4.78, 5) is 45.3. The van der Waals surface area contributed by atoms with Crippen molar-refractivity contribution >= 4 is 29.2 Å². The largest absolute Gasteiger partial charge is 0.497 e. The molecule has 2 saturated heterocycles. The van der Waals surface area contributed by atoms with E-state index in [-0.39, 0.29) is 30.4 Å². The quantitative estimate of drug-likeness (QED) is 0.389. The number of methoxy groups -OCH3 is 1. The van der Waals surface area contributed by atoms with Gasteiger partial charge in [-0.2, -0.15) is 0 Å². The van der Waals surface area contributed by atoms with Crippen molar-refractivity contribution in [3.05, 3.63) is 90.0 Å². The smallest absolute Gasteiger partial charge is 0.312 e. The van der Waals surface area contributed by atoms with Gasteiger partial charge in [0.25, 0.3) is 5.91 Å². The van der Waals surface area contributed by atoms with E-state index < -0.39 is 23.3 Å². The molecule has 0 saturated carbocycles. The zero-order chi connectivity index (χ0) is 27.3. The summed E-state index contributed by atoms with van der Waals surface area (Å²) in [5.74, 6) is -1.69. The number of carbonyl (C=O) groups is 3. The number of benzene rings is 3. The van der Waals surface area contributed by atoms with E-state index in [2.05, 4.69) is 5.32 Å². The van der Waals surface area contributed by atoms with Gasteiger partial charge in [0.15, 0.2) is 0 Å². The van der Waals surface area contributed by atoms with E-state index in [0.29, 0.717) is 18.0 Å². The molecule has 0 unspecified atom stereocenters. The number of rotatable bonds is 6. The molecular formula is C31H31N3O5. The van der Waals surface area contributed by atoms with Crippen LogP contribution in [0.1, 0.15) is 24.0 Å². The van der Waals surface area contributed by atoms with Crippen LogP contribution in [0.5, 0.6) is 5.75 Å². The van der Waals surface area contributed by atoms with Gasteiger partial charge in [-0.3, -0.25) is 19.3 Å². The van der Waals surface area contributed by atoms with Crippen molar-refractivity contribution in [1.29, 1.82) is 0 Å². The summed E-state index contributed by atoms with van der Waals surface area (Å²) in [6.45, 7) is 2.39. The van der Waals surface area contributed by atoms with Crippen molar-refractivity contribution in [3.8, 4) is 5.75 Å². The molecule has 1 N–H and O–H groups in total. The van der Waals surface area contributed by atoms with Crippen LogP contribution in [0.2, 0.25) is 0 Å². The Hall–Kier alpha value is -4.17. The molecule has 2 amide bonds. The summed E-state index contributed by atoms with van der Waals surface area (Å²) in [7, 11) is 3.48. The molecule has 8 heteroatoms. The lowest BCUT2D eigenvalue weighted by Crippen LogP contribution is -2.65. The maximum Gasteiger partial charge on any atom is 0.312 e. The molecule has 3 aromatic carbocycles. The monoisotopic (exact) mass is 525 g/mol. The fraction of sp³-hybridized carbons (Fsp3) is 0.323. The van der Waals surface area contributed by atoms with E-state index in [1.165, 1.54) is 0 Å². The molecule has 6 rings (SSSR count). The summed E-state index contributed by atoms with van der Waals surface area (Å²) < 4.78 is 11.0. The summed E-state index contributed by atoms with van der Waals surface area (Å²) in [6.07, 6.45) is 0. The number of nitrogens with one attached hydrogen (secondary N) is 1. The molecule has 0 aromatic heterocycles. The number of para-hydroxylation sites is 1. The highest BCUT2D eigenvalue weighted by atomic mass is 16.5. The zero-order valence-corrected chi connectivity index (χ0v) is 22.2. The van der Waals surface area contributed by atoms with Crippen LogP contribution in [0.15, 0.2) is 78.9 Å². The fourth-order valence-electron chi connectivity index (χ4n) is 6.94. The van der Waals surface area contributed by atoms with Crippen molar-refractivity contribution < 1.29 is 23.9 Å². The summed E-state index contributed by atoms with van der Waals surface area (Å²) >= 11 is 0. The lowest BCUT2D eigenvalue weighted by molar-refractivity contribution is -0.157. The van der Waals surface area contributed by atoms with Gasteiger partial charge < -0.3 is 19.7 Å². The number of anilines is 2. The topological polar surface area (TPSA) is 88.2 Å². The fourth-order valence-corrected chi connectivity index (χ4v) is 6.94. The summed E-state index contributed by atoms with van der Waals surface area (Å²) in [5.41, 5.74) is 1.83. The molecule has 3 aliphatic rings. The molecule has 0 bridgehead atoms. The number of esters is 1. The van der Waals surface area contributed by atoms with Crippen LogP contribution < -0.4 is 15.0 Å². The Morgan fingerprint density at radius 3 is 2.38 bits per heavy atom. The Morgan fingerprint density at radius 2 is 1.69 bits per heavy atom. The van der Waals surface area contributed by atoms with Crippen LogP contribution in [0, 0.1) is 11.8 Å². The first-order valence-electron chi connectivity index (χ1n) is 13.2. The average Bonchev–Trinajstić information content (AvgIpc) is 3.42. The van der Waals surface area contributed by atoms with Crippen molar-refractivity contribution in [1.82, 2.24) is 4.90 Å². The van der Waals surface area contributed by atoms with Gasteiger partial charge in [-0.1, -0.05) is 48.5 Å². The average molecular weight is 526 g/mol. The highest BCUT2D eigenvalue weighted by Crippen LogP contribution is 2.57. The number of hydrogen-bond donors (Lipinski definition) is 1. The van der Waals surface area contributed by atoms with E-state index in [1.807, 2.05) is 90.8 Å². The van der Waals surface area contributed by atoms with Crippen LogP contribution in [-0.4, -0.2) is 56.0 Å². The first-order valence-corrected chi connectivity index (χ1v) is 13.2. The van der Waals surface area contributed by atoms with E-state index in [1.54, 1.807) is 18.9 Å². The van der Waals surface area contributed by atoms with Gasteiger partial charge in [0.05, 0.1) is 31.6 Å². The third-order valence-electron chi connectivity index (χ3n) is 8.53. The van der Waals surface area contributed by atoms with Crippen LogP contribution in [0.4, 0.5) is 11.4 Å². The first kappa shape index (κ1) is 25.1. The maximum atomic E-state index is 13.9. The Balaban J connectivity index is 1.50. The molecular weight excluding hydrogens is 494 g/mol. The number of likely N-dealkylation sites (N-methyl/N-ethyl adjacent to an activating group) is 1. The minimum absolute atomic E-state index is 0.0427. The molecule has 3 aromatic rings. The standard InChI is InChI=1S/C31H31N3O5/c1-4-39-29(36)26-22(18-33(2)31(26)23-12-8-9-13-24(23)32-30(31)37)27-25(19-10-6-5-7-11-19)28(35)34(27)20-14-16-21(38-3)17-15-20/h5-17,22,25-27H,4,18H2,1-3H3,(H,32,37)/t22-,25+,26-,27-,31-/m0/s1. The van der Waals surface area contributed by atoms with Gasteiger partial charge >= 0.3 is 5.97 Å². The highest BCUT2D eigenvalue weighted by molar-refractivity contribution is 6.10. The van der Waals surface area contributed by atoms with Crippen molar-refractivity contribution in [2.45, 2.75) is 24.4 Å². The molecule has 0 radical (unpaired) electrons. The Bertz CT molecular complexity index is 1430. The predicted molar refractivity (Wildman–Crippen MR) is 146 cm³/mol. The summed E-state index contributed by atoms with van der Waals surface area (Å²) in [6, 6.07) is 24.2. The molecule has 1 spiro atoms. The van der Waals surface area contributed by atoms with E-state index in [0.717, 1.165) is 16.8 Å². The number of amides is 2. The molecule has 200 valence electrons. The van der Waals surface area contributed by atoms with Gasteiger partial charge in [0.1, 0.15) is 11.3 Å². The first-order chi connectivity index (χ1) is 18.9. The van der Waals surface area contributed by atoms with E-state index in [9.17, 15) is 14.4 Å². The molecule has 2 fully saturated rings. The Kier molecular flexibility index (Phi) is 6.14. The van der Waals surface area contributed by atoms with Gasteiger partial charge in [-0.25, -0.2) is 0 Å². The van der Waals surface area contributed by atoms with Crippen LogP contribution in [-0.2, 0) is 24.7 Å². The third-order valence-corrected chi connectivity index (χ3v) is 8.53. The maximum absolute atomic E-state index is 13.9. The van der Waals surface area contributed by atoms with Crippen molar-refractivity contribution in [3.63, 3.8) is 0 Å². The number of β-lactam (4-membered cyclic amide) rings is 1. The molecule has 3 aliphatic heterocycles. The molecule has 0 aliphatic carbocycles. The Morgan fingerprint density at radius 1 is 1.00 bits per heavy atom. The second-order valence-electron chi connectivity index (χ2n) is 10.3. The number of hydrogen-bond acceptors (Lipinski definition) is 6.